The third-order valence-electron chi connectivity index (χ3n) is 2.87. The standard InChI is InChI=1S/C12H18FN3O3/c1-12(6-17,7-18)15-5-8-3-2-4-9(10(8)13)11(14)16-19/h2-4,15,17-19H,5-7H2,1H3,(H2,14,16). The molecule has 0 amide bonds. The summed E-state index contributed by atoms with van der Waals surface area (Å²) in [6.07, 6.45) is 0. The summed E-state index contributed by atoms with van der Waals surface area (Å²) in [6, 6.07) is 4.50. The Morgan fingerprint density at radius 3 is 2.58 bits per heavy atom. The highest BCUT2D eigenvalue weighted by atomic mass is 19.1. The molecule has 1 rings (SSSR count). The third-order valence-corrected chi connectivity index (χ3v) is 2.87. The molecular weight excluding hydrogens is 253 g/mol. The zero-order chi connectivity index (χ0) is 14.5. The van der Waals surface area contributed by atoms with Crippen molar-refractivity contribution >= 4 is 5.84 Å². The normalized spacial score (nSPS) is 12.7. The molecule has 0 radical (unpaired) electrons. The molecule has 6 nitrogen and oxygen atoms in total. The van der Waals surface area contributed by atoms with Crippen LogP contribution in [-0.2, 0) is 6.54 Å². The van der Waals surface area contributed by atoms with E-state index in [2.05, 4.69) is 10.5 Å². The molecule has 0 heterocycles. The van der Waals surface area contributed by atoms with Crippen LogP contribution in [-0.4, -0.2) is 40.0 Å². The molecule has 0 aliphatic rings. The summed E-state index contributed by atoms with van der Waals surface area (Å²) in [4.78, 5) is 0. The molecule has 1 aromatic rings. The van der Waals surface area contributed by atoms with E-state index in [0.717, 1.165) is 0 Å². The van der Waals surface area contributed by atoms with Crippen molar-refractivity contribution in [3.05, 3.63) is 35.1 Å². The Labute approximate surface area is 110 Å². The Morgan fingerprint density at radius 2 is 2.05 bits per heavy atom. The fourth-order valence-corrected chi connectivity index (χ4v) is 1.44. The second kappa shape index (κ2) is 6.46. The van der Waals surface area contributed by atoms with Gasteiger partial charge in [0.05, 0.1) is 24.3 Å². The van der Waals surface area contributed by atoms with Gasteiger partial charge >= 0.3 is 0 Å². The molecule has 6 N–H and O–H groups in total. The smallest absolute Gasteiger partial charge is 0.173 e. The maximum Gasteiger partial charge on any atom is 0.173 e. The quantitative estimate of drug-likeness (QED) is 0.212. The SMILES string of the molecule is CC(CO)(CO)NCc1cccc(/C(N)=N/O)c1F. The maximum atomic E-state index is 14.1. The lowest BCUT2D eigenvalue weighted by Crippen LogP contribution is -2.48. The Balaban J connectivity index is 2.92. The van der Waals surface area contributed by atoms with Crippen LogP contribution in [0.3, 0.4) is 0 Å². The molecule has 0 spiro atoms. The Kier molecular flexibility index (Phi) is 5.22. The van der Waals surface area contributed by atoms with Crippen LogP contribution in [0, 0.1) is 5.82 Å². The average Bonchev–Trinajstić information content (AvgIpc) is 2.45. The van der Waals surface area contributed by atoms with Crippen molar-refractivity contribution < 1.29 is 19.8 Å². The topological polar surface area (TPSA) is 111 Å². The van der Waals surface area contributed by atoms with Crippen LogP contribution in [0.1, 0.15) is 18.1 Å². The highest BCUT2D eigenvalue weighted by Gasteiger charge is 2.22. The zero-order valence-corrected chi connectivity index (χ0v) is 10.6. The minimum absolute atomic E-state index is 0.00324. The van der Waals surface area contributed by atoms with E-state index < -0.39 is 11.4 Å². The van der Waals surface area contributed by atoms with Crippen molar-refractivity contribution in [2.75, 3.05) is 13.2 Å². The van der Waals surface area contributed by atoms with Crippen molar-refractivity contribution in [2.24, 2.45) is 10.9 Å². The van der Waals surface area contributed by atoms with Gasteiger partial charge in [-0.3, -0.25) is 0 Å². The molecule has 0 saturated carbocycles. The minimum atomic E-state index is -0.904. The maximum absolute atomic E-state index is 14.1. The van der Waals surface area contributed by atoms with Gasteiger partial charge in [-0.1, -0.05) is 17.3 Å². The number of nitrogens with zero attached hydrogens (tertiary/aromatic N) is 1. The lowest BCUT2D eigenvalue weighted by atomic mass is 10.0. The Bertz CT molecular complexity index is 462. The van der Waals surface area contributed by atoms with Gasteiger partial charge in [0, 0.05) is 12.1 Å². The van der Waals surface area contributed by atoms with E-state index in [9.17, 15) is 4.39 Å². The fourth-order valence-electron chi connectivity index (χ4n) is 1.44. The number of hydrogen-bond acceptors (Lipinski definition) is 5. The molecule has 1 aromatic carbocycles. The molecule has 0 fully saturated rings. The van der Waals surface area contributed by atoms with Crippen LogP contribution in [0.4, 0.5) is 4.39 Å². The van der Waals surface area contributed by atoms with Crippen LogP contribution < -0.4 is 11.1 Å². The van der Waals surface area contributed by atoms with E-state index in [1.807, 2.05) is 0 Å². The molecule has 106 valence electrons. The molecule has 0 atom stereocenters. The summed E-state index contributed by atoms with van der Waals surface area (Å²) >= 11 is 0. The monoisotopic (exact) mass is 271 g/mol. The fraction of sp³-hybridized carbons (Fsp3) is 0.417. The molecule has 0 unspecified atom stereocenters. The van der Waals surface area contributed by atoms with Gasteiger partial charge in [-0.25, -0.2) is 4.39 Å². The van der Waals surface area contributed by atoms with E-state index in [-0.39, 0.29) is 36.7 Å². The van der Waals surface area contributed by atoms with Gasteiger partial charge in [0.25, 0.3) is 0 Å². The van der Waals surface area contributed by atoms with Crippen molar-refractivity contribution in [1.29, 1.82) is 0 Å². The molecule has 0 aliphatic carbocycles. The van der Waals surface area contributed by atoms with Crippen molar-refractivity contribution in [2.45, 2.75) is 19.0 Å². The van der Waals surface area contributed by atoms with Gasteiger partial charge in [0.15, 0.2) is 5.84 Å². The van der Waals surface area contributed by atoms with Gasteiger partial charge in [0.1, 0.15) is 5.82 Å². The van der Waals surface area contributed by atoms with E-state index in [1.165, 1.54) is 12.1 Å². The molecule has 0 aliphatic heterocycles. The summed E-state index contributed by atoms with van der Waals surface area (Å²) in [6.45, 7) is 1.13. The number of nitrogens with one attached hydrogen (secondary N) is 1. The predicted molar refractivity (Wildman–Crippen MR) is 68.3 cm³/mol. The molecule has 0 aromatic heterocycles. The first kappa shape index (κ1) is 15.4. The minimum Gasteiger partial charge on any atom is -0.409 e. The van der Waals surface area contributed by atoms with Gasteiger partial charge in [-0.2, -0.15) is 0 Å². The number of hydrogen-bond donors (Lipinski definition) is 5. The number of aliphatic hydroxyl groups excluding tert-OH is 2. The number of rotatable bonds is 6. The number of benzene rings is 1. The highest BCUT2D eigenvalue weighted by molar-refractivity contribution is 5.97. The molecular formula is C12H18FN3O3. The Hall–Kier alpha value is -1.70. The molecule has 0 saturated heterocycles. The second-order valence-electron chi connectivity index (χ2n) is 4.49. The first-order valence-corrected chi connectivity index (χ1v) is 5.69. The summed E-state index contributed by atoms with van der Waals surface area (Å²) in [5.74, 6) is -0.921. The molecule has 19 heavy (non-hydrogen) atoms. The van der Waals surface area contributed by atoms with E-state index in [4.69, 9.17) is 21.2 Å². The van der Waals surface area contributed by atoms with Gasteiger partial charge in [0.2, 0.25) is 0 Å². The van der Waals surface area contributed by atoms with E-state index in [0.29, 0.717) is 0 Å². The number of amidine groups is 1. The number of halogens is 1. The number of aliphatic hydroxyl groups is 2. The molecule has 7 heteroatoms. The van der Waals surface area contributed by atoms with E-state index >= 15 is 0 Å². The Morgan fingerprint density at radius 1 is 1.42 bits per heavy atom. The first-order valence-electron chi connectivity index (χ1n) is 5.69. The van der Waals surface area contributed by atoms with Crippen molar-refractivity contribution in [3.8, 4) is 0 Å². The predicted octanol–water partition coefficient (Wildman–Crippen LogP) is -0.247. The first-order chi connectivity index (χ1) is 8.97. The van der Waals surface area contributed by atoms with Gasteiger partial charge in [-0.15, -0.1) is 0 Å². The van der Waals surface area contributed by atoms with Crippen LogP contribution in [0.25, 0.3) is 0 Å². The summed E-state index contributed by atoms with van der Waals surface area (Å²) in [5, 5.41) is 32.4. The highest BCUT2D eigenvalue weighted by Crippen LogP contribution is 2.14. The van der Waals surface area contributed by atoms with Crippen LogP contribution >= 0.6 is 0 Å². The number of oxime groups is 1. The lowest BCUT2D eigenvalue weighted by molar-refractivity contribution is 0.103. The van der Waals surface area contributed by atoms with Crippen LogP contribution in [0.15, 0.2) is 23.4 Å². The summed E-state index contributed by atoms with van der Waals surface area (Å²) < 4.78 is 14.1. The summed E-state index contributed by atoms with van der Waals surface area (Å²) in [7, 11) is 0. The van der Waals surface area contributed by atoms with Gasteiger partial charge < -0.3 is 26.5 Å². The van der Waals surface area contributed by atoms with E-state index in [1.54, 1.807) is 13.0 Å². The van der Waals surface area contributed by atoms with Crippen LogP contribution in [0.5, 0.6) is 0 Å². The summed E-state index contributed by atoms with van der Waals surface area (Å²) in [5.41, 5.74) is 4.74. The van der Waals surface area contributed by atoms with Crippen molar-refractivity contribution in [3.63, 3.8) is 0 Å². The largest absolute Gasteiger partial charge is 0.409 e. The second-order valence-corrected chi connectivity index (χ2v) is 4.49. The average molecular weight is 271 g/mol. The van der Waals surface area contributed by atoms with Crippen LogP contribution in [0.2, 0.25) is 0 Å². The number of nitrogens with two attached hydrogens (primary N) is 1. The molecule has 0 bridgehead atoms. The lowest BCUT2D eigenvalue weighted by Gasteiger charge is -2.26. The zero-order valence-electron chi connectivity index (χ0n) is 10.6. The van der Waals surface area contributed by atoms with Crippen molar-refractivity contribution in [1.82, 2.24) is 5.32 Å². The van der Waals surface area contributed by atoms with Gasteiger partial charge in [-0.05, 0) is 13.0 Å². The third kappa shape index (κ3) is 3.63.